The molecular formula is C20H20ClF6NO. The van der Waals surface area contributed by atoms with Gasteiger partial charge in [0.25, 0.3) is 5.60 Å². The van der Waals surface area contributed by atoms with Gasteiger partial charge in [-0.2, -0.15) is 26.3 Å². The molecule has 2 aromatic carbocycles. The average molecular weight is 440 g/mol. The van der Waals surface area contributed by atoms with Crippen LogP contribution in [0.1, 0.15) is 29.5 Å². The van der Waals surface area contributed by atoms with Crippen LogP contribution in [0.3, 0.4) is 0 Å². The van der Waals surface area contributed by atoms with Crippen LogP contribution in [0.25, 0.3) is 0 Å². The van der Waals surface area contributed by atoms with Gasteiger partial charge in [0.2, 0.25) is 0 Å². The molecule has 0 saturated carbocycles. The molecule has 1 heterocycles. The quantitative estimate of drug-likeness (QED) is 0.655. The zero-order valence-electron chi connectivity index (χ0n) is 15.3. The lowest BCUT2D eigenvalue weighted by atomic mass is 9.71. The predicted octanol–water partition coefficient (Wildman–Crippen LogP) is 5.07. The van der Waals surface area contributed by atoms with E-state index >= 15 is 0 Å². The summed E-state index contributed by atoms with van der Waals surface area (Å²) in [6.45, 7) is 3.16. The molecule has 2 nitrogen and oxygen atoms in total. The Morgan fingerprint density at radius 2 is 1.41 bits per heavy atom. The first-order valence-electron chi connectivity index (χ1n) is 8.64. The van der Waals surface area contributed by atoms with Gasteiger partial charge in [-0.15, -0.1) is 12.4 Å². The highest BCUT2D eigenvalue weighted by Crippen LogP contribution is 2.50. The van der Waals surface area contributed by atoms with Crippen molar-refractivity contribution in [3.8, 4) is 0 Å². The van der Waals surface area contributed by atoms with E-state index in [-0.39, 0.29) is 23.7 Å². The van der Waals surface area contributed by atoms with Crippen LogP contribution in [0.5, 0.6) is 0 Å². The summed E-state index contributed by atoms with van der Waals surface area (Å²) in [6.07, 6.45) is -11.8. The van der Waals surface area contributed by atoms with Crippen LogP contribution in [0.15, 0.2) is 54.6 Å². The van der Waals surface area contributed by atoms with Gasteiger partial charge >= 0.3 is 12.4 Å². The van der Waals surface area contributed by atoms with Gasteiger partial charge in [-0.3, -0.25) is 0 Å². The van der Waals surface area contributed by atoms with Crippen LogP contribution < -0.4 is 5.32 Å². The molecule has 2 aromatic rings. The third-order valence-corrected chi connectivity index (χ3v) is 5.59. The molecule has 1 aliphatic rings. The van der Waals surface area contributed by atoms with Crippen molar-refractivity contribution in [3.05, 3.63) is 71.3 Å². The largest absolute Gasteiger partial charge is 0.430 e. The molecule has 1 fully saturated rings. The molecule has 1 aliphatic heterocycles. The number of hydrogen-bond acceptors (Lipinski definition) is 2. The van der Waals surface area contributed by atoms with Gasteiger partial charge in [0.05, 0.1) is 0 Å². The lowest BCUT2D eigenvalue weighted by Gasteiger charge is -2.34. The van der Waals surface area contributed by atoms with Crippen molar-refractivity contribution in [2.24, 2.45) is 0 Å². The molecule has 1 saturated heterocycles. The van der Waals surface area contributed by atoms with Gasteiger partial charge in [-0.25, -0.2) is 0 Å². The maximum Gasteiger partial charge on any atom is 0.430 e. The fraction of sp³-hybridized carbons (Fsp3) is 0.400. The monoisotopic (exact) mass is 439 g/mol. The molecule has 0 spiro atoms. The molecule has 0 aliphatic carbocycles. The Balaban J connectivity index is 0.00000300. The van der Waals surface area contributed by atoms with Crippen molar-refractivity contribution in [3.63, 3.8) is 0 Å². The van der Waals surface area contributed by atoms with E-state index in [0.29, 0.717) is 30.8 Å². The van der Waals surface area contributed by atoms with Gasteiger partial charge in [-0.05, 0) is 11.1 Å². The van der Waals surface area contributed by atoms with Crippen molar-refractivity contribution in [1.82, 2.24) is 5.32 Å². The van der Waals surface area contributed by atoms with Crippen LogP contribution in [0.4, 0.5) is 26.3 Å². The second kappa shape index (κ2) is 7.81. The van der Waals surface area contributed by atoms with Gasteiger partial charge < -0.3 is 10.4 Å². The zero-order valence-corrected chi connectivity index (χ0v) is 16.1. The van der Waals surface area contributed by atoms with Crippen LogP contribution in [-0.2, 0) is 11.0 Å². The van der Waals surface area contributed by atoms with Crippen LogP contribution in [0.2, 0.25) is 0 Å². The Morgan fingerprint density at radius 1 is 0.897 bits per heavy atom. The fourth-order valence-electron chi connectivity index (χ4n) is 3.88. The van der Waals surface area contributed by atoms with E-state index in [4.69, 9.17) is 0 Å². The molecule has 3 rings (SSSR count). The van der Waals surface area contributed by atoms with Gasteiger partial charge in [0.15, 0.2) is 0 Å². The third-order valence-electron chi connectivity index (χ3n) is 5.59. The number of nitrogens with one attached hydrogen (secondary N) is 1. The number of aliphatic hydroxyl groups is 1. The highest BCUT2D eigenvalue weighted by Gasteiger charge is 2.71. The molecule has 9 heteroatoms. The van der Waals surface area contributed by atoms with Crippen LogP contribution in [0, 0.1) is 0 Å². The molecule has 29 heavy (non-hydrogen) atoms. The number of halogens is 7. The van der Waals surface area contributed by atoms with Crippen molar-refractivity contribution in [2.75, 3.05) is 13.1 Å². The summed E-state index contributed by atoms with van der Waals surface area (Å²) < 4.78 is 78.3. The van der Waals surface area contributed by atoms with Crippen LogP contribution >= 0.6 is 12.4 Å². The Hall–Kier alpha value is -1.77. The minimum Gasteiger partial charge on any atom is -0.369 e. The van der Waals surface area contributed by atoms with Crippen molar-refractivity contribution in [2.45, 2.75) is 36.2 Å². The summed E-state index contributed by atoms with van der Waals surface area (Å²) in [5.74, 6) is -0.145. The van der Waals surface area contributed by atoms with E-state index in [1.165, 1.54) is 12.1 Å². The van der Waals surface area contributed by atoms with E-state index in [1.807, 2.05) is 37.3 Å². The standard InChI is InChI=1S/C20H19F6NO.ClH/c1-17(14-5-3-2-4-6-14)12-27-11-16(17)13-7-9-15(10-8-13)18(28,19(21,22)23)20(24,25)26;/h2-10,16,27-28H,11-12H2,1H3;1H/t16-,17+;/m0./s1. The van der Waals surface area contributed by atoms with Gasteiger partial charge in [0.1, 0.15) is 0 Å². The Labute approximate surface area is 170 Å². The first-order valence-corrected chi connectivity index (χ1v) is 8.64. The van der Waals surface area contributed by atoms with E-state index < -0.39 is 23.5 Å². The minimum atomic E-state index is -5.89. The topological polar surface area (TPSA) is 32.3 Å². The molecule has 0 aromatic heterocycles. The Morgan fingerprint density at radius 3 is 1.90 bits per heavy atom. The summed E-state index contributed by atoms with van der Waals surface area (Å²) in [7, 11) is 0. The molecule has 0 radical (unpaired) electrons. The molecular weight excluding hydrogens is 420 g/mol. The fourth-order valence-corrected chi connectivity index (χ4v) is 3.88. The van der Waals surface area contributed by atoms with E-state index in [9.17, 15) is 31.4 Å². The SMILES string of the molecule is C[C@]1(c2ccccc2)CNC[C@H]1c1ccc(C(O)(C(F)(F)F)C(F)(F)F)cc1.Cl. The molecule has 0 unspecified atom stereocenters. The van der Waals surface area contributed by atoms with Crippen molar-refractivity contribution < 1.29 is 31.4 Å². The van der Waals surface area contributed by atoms with E-state index in [2.05, 4.69) is 5.32 Å². The molecule has 2 N–H and O–H groups in total. The Kier molecular flexibility index (Phi) is 6.33. The predicted molar refractivity (Wildman–Crippen MR) is 99.1 cm³/mol. The van der Waals surface area contributed by atoms with Crippen LogP contribution in [-0.4, -0.2) is 30.5 Å². The second-order valence-corrected chi connectivity index (χ2v) is 7.29. The summed E-state index contributed by atoms with van der Waals surface area (Å²) in [4.78, 5) is 0. The highest BCUT2D eigenvalue weighted by atomic mass is 35.5. The number of rotatable bonds is 3. The lowest BCUT2D eigenvalue weighted by molar-refractivity contribution is -0.376. The highest BCUT2D eigenvalue weighted by molar-refractivity contribution is 5.85. The summed E-state index contributed by atoms with van der Waals surface area (Å²) >= 11 is 0. The van der Waals surface area contributed by atoms with E-state index in [1.54, 1.807) is 0 Å². The third kappa shape index (κ3) is 3.85. The van der Waals surface area contributed by atoms with E-state index in [0.717, 1.165) is 5.56 Å². The maximum absolute atomic E-state index is 13.1. The normalized spacial score (nSPS) is 23.0. The molecule has 0 bridgehead atoms. The first-order chi connectivity index (χ1) is 12.9. The van der Waals surface area contributed by atoms with Crippen molar-refractivity contribution >= 4 is 12.4 Å². The number of hydrogen-bond donors (Lipinski definition) is 2. The molecule has 0 amide bonds. The van der Waals surface area contributed by atoms with Gasteiger partial charge in [0, 0.05) is 30.0 Å². The van der Waals surface area contributed by atoms with Gasteiger partial charge in [-0.1, -0.05) is 61.5 Å². The Bertz CT molecular complexity index is 808. The number of benzene rings is 2. The molecule has 2 atom stereocenters. The second-order valence-electron chi connectivity index (χ2n) is 7.29. The minimum absolute atomic E-state index is 0. The number of alkyl halides is 6. The van der Waals surface area contributed by atoms with Crippen molar-refractivity contribution in [1.29, 1.82) is 0 Å². The summed E-state index contributed by atoms with van der Waals surface area (Å²) in [5.41, 5.74) is -4.89. The molecule has 160 valence electrons. The maximum atomic E-state index is 13.1. The first kappa shape index (κ1) is 23.5. The summed E-state index contributed by atoms with van der Waals surface area (Å²) in [6, 6.07) is 13.4. The average Bonchev–Trinajstić information content (AvgIpc) is 3.03. The zero-order chi connectivity index (χ0) is 20.8. The summed E-state index contributed by atoms with van der Waals surface area (Å²) in [5, 5.41) is 12.8. The lowest BCUT2D eigenvalue weighted by Crippen LogP contribution is -2.53. The smallest absolute Gasteiger partial charge is 0.369 e.